The molecule has 0 saturated carbocycles. The maximum Gasteiger partial charge on any atom is 0.260 e. The van der Waals surface area contributed by atoms with E-state index >= 15 is 0 Å². The molecule has 1 heterocycles. The lowest BCUT2D eigenvalue weighted by atomic mass is 10.2. The van der Waals surface area contributed by atoms with Gasteiger partial charge in [-0.05, 0) is 18.2 Å². The minimum Gasteiger partial charge on any atom is -0.398 e. The third-order valence-corrected chi connectivity index (χ3v) is 2.48. The fraction of sp³-hybridized carbons (Fsp3) is 0.273. The first-order valence-electron chi connectivity index (χ1n) is 5.07. The third-order valence-electron chi connectivity index (χ3n) is 2.24. The molecule has 0 fully saturated rings. The first-order chi connectivity index (χ1) is 8.20. The van der Waals surface area contributed by atoms with Gasteiger partial charge in [-0.25, -0.2) is 0 Å². The molecule has 0 bridgehead atoms. The van der Waals surface area contributed by atoms with Crippen LogP contribution in [0, 0.1) is 0 Å². The van der Waals surface area contributed by atoms with Crippen LogP contribution in [0.15, 0.2) is 22.7 Å². The normalized spacial score (nSPS) is 10.7. The van der Waals surface area contributed by atoms with Crippen molar-refractivity contribution < 1.29 is 9.26 Å². The molecule has 1 aromatic carbocycles. The van der Waals surface area contributed by atoms with Crippen molar-refractivity contribution in [2.45, 2.75) is 6.42 Å². The van der Waals surface area contributed by atoms with Crippen LogP contribution < -0.4 is 5.73 Å². The quantitative estimate of drug-likeness (QED) is 0.845. The smallest absolute Gasteiger partial charge is 0.260 e. The van der Waals surface area contributed by atoms with E-state index in [-0.39, 0.29) is 0 Å². The molecule has 0 radical (unpaired) electrons. The molecule has 2 aromatic rings. The van der Waals surface area contributed by atoms with Crippen LogP contribution >= 0.6 is 11.6 Å². The van der Waals surface area contributed by atoms with Crippen LogP contribution in [0.4, 0.5) is 5.69 Å². The monoisotopic (exact) mass is 253 g/mol. The minimum absolute atomic E-state index is 0.371. The Morgan fingerprint density at radius 3 is 3.06 bits per heavy atom. The molecule has 17 heavy (non-hydrogen) atoms. The number of aromatic nitrogens is 2. The number of hydrogen-bond acceptors (Lipinski definition) is 5. The Balaban J connectivity index is 2.27. The van der Waals surface area contributed by atoms with E-state index in [1.54, 1.807) is 25.3 Å². The van der Waals surface area contributed by atoms with Gasteiger partial charge in [-0.1, -0.05) is 16.8 Å². The molecule has 0 amide bonds. The summed E-state index contributed by atoms with van der Waals surface area (Å²) in [5, 5.41) is 4.41. The molecule has 0 unspecified atom stereocenters. The second-order valence-corrected chi connectivity index (χ2v) is 3.93. The fourth-order valence-electron chi connectivity index (χ4n) is 1.37. The highest BCUT2D eigenvalue weighted by molar-refractivity contribution is 6.31. The predicted octanol–water partition coefficient (Wildman–Crippen LogP) is 2.16. The zero-order chi connectivity index (χ0) is 12.3. The van der Waals surface area contributed by atoms with Crippen molar-refractivity contribution in [2.75, 3.05) is 19.5 Å². The predicted molar refractivity (Wildman–Crippen MR) is 64.7 cm³/mol. The Hall–Kier alpha value is -1.59. The van der Waals surface area contributed by atoms with Crippen LogP contribution in [-0.2, 0) is 11.2 Å². The van der Waals surface area contributed by atoms with Gasteiger partial charge in [0.25, 0.3) is 5.89 Å². The lowest BCUT2D eigenvalue weighted by molar-refractivity contribution is 0.199. The topological polar surface area (TPSA) is 74.2 Å². The molecule has 0 aliphatic carbocycles. The first kappa shape index (κ1) is 11.9. The number of hydrogen-bond donors (Lipinski definition) is 1. The maximum atomic E-state index is 5.89. The number of ether oxygens (including phenoxy) is 1. The second-order valence-electron chi connectivity index (χ2n) is 3.49. The van der Waals surface area contributed by atoms with Crippen LogP contribution in [0.5, 0.6) is 0 Å². The van der Waals surface area contributed by atoms with Gasteiger partial charge in [-0.15, -0.1) is 0 Å². The van der Waals surface area contributed by atoms with E-state index in [0.29, 0.717) is 41.0 Å². The molecule has 0 saturated heterocycles. The van der Waals surface area contributed by atoms with E-state index in [0.717, 1.165) is 0 Å². The highest BCUT2D eigenvalue weighted by Crippen LogP contribution is 2.27. The Kier molecular flexibility index (Phi) is 3.61. The van der Waals surface area contributed by atoms with Gasteiger partial charge < -0.3 is 15.0 Å². The molecular weight excluding hydrogens is 242 g/mol. The number of rotatable bonds is 4. The molecule has 90 valence electrons. The number of benzene rings is 1. The zero-order valence-corrected chi connectivity index (χ0v) is 10.1. The lowest BCUT2D eigenvalue weighted by Gasteiger charge is -2.00. The molecule has 1 aromatic heterocycles. The minimum atomic E-state index is 0.371. The number of nitrogens with two attached hydrogens (primary N) is 1. The standard InChI is InChI=1S/C11H12ClN3O2/c1-16-5-4-10-14-11(17-15-10)8-6-7(12)2-3-9(8)13/h2-3,6H,4-5,13H2,1H3. The van der Waals surface area contributed by atoms with E-state index < -0.39 is 0 Å². The van der Waals surface area contributed by atoms with Crippen molar-refractivity contribution in [1.29, 1.82) is 0 Å². The molecule has 0 aliphatic heterocycles. The number of methoxy groups -OCH3 is 1. The van der Waals surface area contributed by atoms with Gasteiger partial charge >= 0.3 is 0 Å². The van der Waals surface area contributed by atoms with E-state index in [9.17, 15) is 0 Å². The van der Waals surface area contributed by atoms with Crippen molar-refractivity contribution in [2.24, 2.45) is 0 Å². The van der Waals surface area contributed by atoms with Crippen LogP contribution in [0.25, 0.3) is 11.5 Å². The van der Waals surface area contributed by atoms with Crippen molar-refractivity contribution >= 4 is 17.3 Å². The van der Waals surface area contributed by atoms with Gasteiger partial charge in [-0.3, -0.25) is 0 Å². The summed E-state index contributed by atoms with van der Waals surface area (Å²) in [6, 6.07) is 5.11. The van der Waals surface area contributed by atoms with Crippen molar-refractivity contribution in [3.05, 3.63) is 29.0 Å². The first-order valence-corrected chi connectivity index (χ1v) is 5.45. The van der Waals surface area contributed by atoms with Gasteiger partial charge in [0, 0.05) is 24.2 Å². The fourth-order valence-corrected chi connectivity index (χ4v) is 1.54. The molecule has 2 N–H and O–H groups in total. The summed E-state index contributed by atoms with van der Waals surface area (Å²) < 4.78 is 10.1. The Morgan fingerprint density at radius 2 is 2.29 bits per heavy atom. The third kappa shape index (κ3) is 2.75. The summed E-state index contributed by atoms with van der Waals surface area (Å²) in [4.78, 5) is 4.22. The molecule has 0 atom stereocenters. The van der Waals surface area contributed by atoms with Crippen LogP contribution in [0.2, 0.25) is 5.02 Å². The molecule has 5 nitrogen and oxygen atoms in total. The summed E-state index contributed by atoms with van der Waals surface area (Å²) in [5.74, 6) is 0.956. The lowest BCUT2D eigenvalue weighted by Crippen LogP contribution is -1.96. The highest BCUT2D eigenvalue weighted by Gasteiger charge is 2.12. The summed E-state index contributed by atoms with van der Waals surface area (Å²) >= 11 is 5.89. The Morgan fingerprint density at radius 1 is 1.47 bits per heavy atom. The molecule has 0 spiro atoms. The van der Waals surface area contributed by atoms with E-state index in [2.05, 4.69) is 10.1 Å². The second kappa shape index (κ2) is 5.16. The van der Waals surface area contributed by atoms with Gasteiger partial charge in [0.1, 0.15) is 0 Å². The molecule has 6 heteroatoms. The largest absolute Gasteiger partial charge is 0.398 e. The van der Waals surface area contributed by atoms with Crippen molar-refractivity contribution in [3.8, 4) is 11.5 Å². The van der Waals surface area contributed by atoms with Crippen molar-refractivity contribution in [1.82, 2.24) is 10.1 Å². The molecule has 0 aliphatic rings. The van der Waals surface area contributed by atoms with Gasteiger partial charge in [0.05, 0.1) is 12.2 Å². The summed E-state index contributed by atoms with van der Waals surface area (Å²) in [6.45, 7) is 0.546. The summed E-state index contributed by atoms with van der Waals surface area (Å²) in [6.07, 6.45) is 0.598. The van der Waals surface area contributed by atoms with Gasteiger partial charge in [0.15, 0.2) is 5.82 Å². The average molecular weight is 254 g/mol. The van der Waals surface area contributed by atoms with E-state index in [4.69, 9.17) is 26.6 Å². The number of halogens is 1. The van der Waals surface area contributed by atoms with E-state index in [1.165, 1.54) is 0 Å². The number of nitrogen functional groups attached to an aromatic ring is 1. The SMILES string of the molecule is COCCc1noc(-c2cc(Cl)ccc2N)n1. The Bertz CT molecular complexity index is 513. The number of nitrogens with zero attached hydrogens (tertiary/aromatic N) is 2. The number of anilines is 1. The average Bonchev–Trinajstić information content (AvgIpc) is 2.78. The molecular formula is C11H12ClN3O2. The summed E-state index contributed by atoms with van der Waals surface area (Å²) in [7, 11) is 1.62. The summed E-state index contributed by atoms with van der Waals surface area (Å²) in [5.41, 5.74) is 7.02. The highest BCUT2D eigenvalue weighted by atomic mass is 35.5. The molecule has 2 rings (SSSR count). The van der Waals surface area contributed by atoms with E-state index in [1.807, 2.05) is 0 Å². The van der Waals surface area contributed by atoms with Crippen molar-refractivity contribution in [3.63, 3.8) is 0 Å². The maximum absolute atomic E-state index is 5.89. The van der Waals surface area contributed by atoms with Gasteiger partial charge in [-0.2, -0.15) is 4.98 Å². The van der Waals surface area contributed by atoms with Crippen LogP contribution in [0.3, 0.4) is 0 Å². The zero-order valence-electron chi connectivity index (χ0n) is 9.31. The Labute approximate surface area is 104 Å². The van der Waals surface area contributed by atoms with Gasteiger partial charge in [0.2, 0.25) is 0 Å². The van der Waals surface area contributed by atoms with Crippen LogP contribution in [-0.4, -0.2) is 23.9 Å². The van der Waals surface area contributed by atoms with Crippen LogP contribution in [0.1, 0.15) is 5.82 Å².